The van der Waals surface area contributed by atoms with Crippen molar-refractivity contribution < 1.29 is 12.8 Å². The number of rotatable bonds is 4. The maximum absolute atomic E-state index is 13.0. The molecule has 2 aromatic carbocycles. The van der Waals surface area contributed by atoms with Crippen LogP contribution in [0.2, 0.25) is 0 Å². The van der Waals surface area contributed by atoms with Gasteiger partial charge in [-0.25, -0.2) is 12.8 Å². The Morgan fingerprint density at radius 2 is 1.76 bits per heavy atom. The van der Waals surface area contributed by atoms with Crippen molar-refractivity contribution in [2.24, 2.45) is 0 Å². The molecule has 0 amide bonds. The summed E-state index contributed by atoms with van der Waals surface area (Å²) in [4.78, 5) is 4.13. The summed E-state index contributed by atoms with van der Waals surface area (Å²) in [5.41, 5.74) is 8.50. The third kappa shape index (κ3) is 3.77. The average Bonchev–Trinajstić information content (AvgIpc) is 2.58. The minimum Gasteiger partial charge on any atom is -0.399 e. The topological polar surface area (TPSA) is 85.1 Å². The summed E-state index contributed by atoms with van der Waals surface area (Å²) < 4.78 is 40.7. The molecule has 3 aromatic rings. The smallest absolute Gasteiger partial charge is 0.261 e. The molecule has 5 nitrogen and oxygen atoms in total. The molecule has 0 fully saturated rings. The Bertz CT molecular complexity index is 1000. The fourth-order valence-electron chi connectivity index (χ4n) is 2.29. The number of nitrogens with zero attached hydrogens (tertiary/aromatic N) is 1. The second-order valence-electron chi connectivity index (χ2n) is 5.57. The number of anilines is 2. The summed E-state index contributed by atoms with van der Waals surface area (Å²) >= 11 is 0. The molecule has 3 rings (SSSR count). The number of sulfonamides is 1. The molecule has 0 radical (unpaired) electrons. The highest BCUT2D eigenvalue weighted by atomic mass is 32.2. The molecule has 1 aromatic heterocycles. The van der Waals surface area contributed by atoms with E-state index in [-0.39, 0.29) is 4.90 Å². The van der Waals surface area contributed by atoms with Crippen LogP contribution in [0.25, 0.3) is 11.3 Å². The van der Waals surface area contributed by atoms with Gasteiger partial charge in [-0.3, -0.25) is 9.71 Å². The highest BCUT2D eigenvalue weighted by Gasteiger charge is 2.15. The van der Waals surface area contributed by atoms with Gasteiger partial charge < -0.3 is 5.73 Å². The number of pyridine rings is 1. The van der Waals surface area contributed by atoms with E-state index in [1.807, 2.05) is 0 Å². The van der Waals surface area contributed by atoms with E-state index in [4.69, 9.17) is 5.73 Å². The van der Waals surface area contributed by atoms with Gasteiger partial charge >= 0.3 is 0 Å². The Morgan fingerprint density at radius 1 is 1.04 bits per heavy atom. The predicted octanol–water partition coefficient (Wildman–Crippen LogP) is 3.58. The van der Waals surface area contributed by atoms with Crippen molar-refractivity contribution in [3.8, 4) is 11.3 Å². The van der Waals surface area contributed by atoms with Gasteiger partial charge in [0.2, 0.25) is 0 Å². The van der Waals surface area contributed by atoms with Gasteiger partial charge in [0.15, 0.2) is 0 Å². The first kappa shape index (κ1) is 16.9. The fourth-order valence-corrected chi connectivity index (χ4v) is 3.41. The molecule has 0 aliphatic heterocycles. The standard InChI is InChI=1S/C18H16FN3O2S/c1-12-2-3-13(17-9-4-14(19)11-21-17)10-18(12)22-25(23,24)16-7-5-15(20)6-8-16/h2-11,22H,20H2,1H3. The van der Waals surface area contributed by atoms with E-state index in [1.54, 1.807) is 25.1 Å². The Balaban J connectivity index is 1.95. The summed E-state index contributed by atoms with van der Waals surface area (Å²) in [6.45, 7) is 1.79. The molecule has 25 heavy (non-hydrogen) atoms. The molecule has 0 aliphatic rings. The second kappa shape index (κ2) is 6.52. The first-order chi connectivity index (χ1) is 11.8. The van der Waals surface area contributed by atoms with Crippen LogP contribution in [0.5, 0.6) is 0 Å². The van der Waals surface area contributed by atoms with Gasteiger partial charge in [-0.05, 0) is 55.0 Å². The minimum atomic E-state index is -3.74. The zero-order valence-corrected chi connectivity index (χ0v) is 14.2. The van der Waals surface area contributed by atoms with E-state index in [2.05, 4.69) is 9.71 Å². The van der Waals surface area contributed by atoms with Crippen LogP contribution in [-0.4, -0.2) is 13.4 Å². The molecule has 0 saturated carbocycles. The highest BCUT2D eigenvalue weighted by molar-refractivity contribution is 7.92. The van der Waals surface area contributed by atoms with Crippen LogP contribution in [0.15, 0.2) is 65.7 Å². The Hall–Kier alpha value is -2.93. The number of halogens is 1. The number of hydrogen-bond donors (Lipinski definition) is 2. The number of aryl methyl sites for hydroxylation is 1. The summed E-state index contributed by atoms with van der Waals surface area (Å²) in [5, 5.41) is 0. The predicted molar refractivity (Wildman–Crippen MR) is 96.0 cm³/mol. The summed E-state index contributed by atoms with van der Waals surface area (Å²) in [6.07, 6.45) is 1.12. The molecule has 0 saturated heterocycles. The summed E-state index contributed by atoms with van der Waals surface area (Å²) in [5.74, 6) is -0.430. The molecule has 128 valence electrons. The van der Waals surface area contributed by atoms with Crippen LogP contribution in [-0.2, 0) is 10.0 Å². The number of nitrogens with one attached hydrogen (secondary N) is 1. The second-order valence-corrected chi connectivity index (χ2v) is 7.25. The molecule has 0 aliphatic carbocycles. The number of nitrogens with two attached hydrogens (primary N) is 1. The molecule has 3 N–H and O–H groups in total. The van der Waals surface area contributed by atoms with Crippen molar-refractivity contribution in [3.63, 3.8) is 0 Å². The van der Waals surface area contributed by atoms with Gasteiger partial charge in [-0.15, -0.1) is 0 Å². The van der Waals surface area contributed by atoms with E-state index >= 15 is 0 Å². The maximum atomic E-state index is 13.0. The lowest BCUT2D eigenvalue weighted by molar-refractivity contribution is 0.601. The van der Waals surface area contributed by atoms with Gasteiger partial charge in [-0.2, -0.15) is 0 Å². The van der Waals surface area contributed by atoms with Gasteiger partial charge in [0, 0.05) is 11.3 Å². The minimum absolute atomic E-state index is 0.117. The van der Waals surface area contributed by atoms with Crippen molar-refractivity contribution in [1.82, 2.24) is 4.98 Å². The zero-order valence-electron chi connectivity index (χ0n) is 13.4. The SMILES string of the molecule is Cc1ccc(-c2ccc(F)cn2)cc1NS(=O)(=O)c1ccc(N)cc1. The van der Waals surface area contributed by atoms with Gasteiger partial charge in [0.05, 0.1) is 22.5 Å². The molecule has 0 spiro atoms. The molecule has 0 atom stereocenters. The van der Waals surface area contributed by atoms with Crippen LogP contribution >= 0.6 is 0 Å². The Morgan fingerprint density at radius 3 is 2.40 bits per heavy atom. The van der Waals surface area contributed by atoms with Crippen molar-refractivity contribution in [1.29, 1.82) is 0 Å². The van der Waals surface area contributed by atoms with Crippen LogP contribution in [0.3, 0.4) is 0 Å². The zero-order chi connectivity index (χ0) is 18.0. The monoisotopic (exact) mass is 357 g/mol. The lowest BCUT2D eigenvalue weighted by Crippen LogP contribution is -2.13. The molecule has 0 bridgehead atoms. The van der Waals surface area contributed by atoms with Crippen molar-refractivity contribution in [2.45, 2.75) is 11.8 Å². The average molecular weight is 357 g/mol. The summed E-state index contributed by atoms with van der Waals surface area (Å²) in [6, 6.07) is 14.0. The Labute approximate surface area is 145 Å². The van der Waals surface area contributed by atoms with Gasteiger partial charge in [0.1, 0.15) is 5.82 Å². The third-order valence-corrected chi connectivity index (χ3v) is 5.08. The lowest BCUT2D eigenvalue weighted by atomic mass is 10.1. The van der Waals surface area contributed by atoms with Gasteiger partial charge in [-0.1, -0.05) is 12.1 Å². The molecule has 1 heterocycles. The number of aromatic nitrogens is 1. The lowest BCUT2D eigenvalue weighted by Gasteiger charge is -2.12. The number of benzene rings is 2. The van der Waals surface area contributed by atoms with E-state index in [9.17, 15) is 12.8 Å². The van der Waals surface area contributed by atoms with Crippen LogP contribution in [0, 0.1) is 12.7 Å². The van der Waals surface area contributed by atoms with E-state index in [1.165, 1.54) is 36.4 Å². The third-order valence-electron chi connectivity index (χ3n) is 3.70. The molecule has 0 unspecified atom stereocenters. The molecule has 7 heteroatoms. The van der Waals surface area contributed by atoms with Gasteiger partial charge in [0.25, 0.3) is 10.0 Å². The highest BCUT2D eigenvalue weighted by Crippen LogP contribution is 2.26. The fraction of sp³-hybridized carbons (Fsp3) is 0.0556. The quantitative estimate of drug-likeness (QED) is 0.699. The molecular formula is C18H16FN3O2S. The van der Waals surface area contributed by atoms with E-state index < -0.39 is 15.8 Å². The molecular weight excluding hydrogens is 341 g/mol. The van der Waals surface area contributed by atoms with Crippen LogP contribution < -0.4 is 10.5 Å². The number of hydrogen-bond acceptors (Lipinski definition) is 4. The first-order valence-corrected chi connectivity index (χ1v) is 8.94. The maximum Gasteiger partial charge on any atom is 0.261 e. The van der Waals surface area contributed by atoms with Crippen LogP contribution in [0.4, 0.5) is 15.8 Å². The van der Waals surface area contributed by atoms with E-state index in [0.717, 1.165) is 11.8 Å². The summed E-state index contributed by atoms with van der Waals surface area (Å²) in [7, 11) is -3.74. The van der Waals surface area contributed by atoms with Crippen molar-refractivity contribution >= 4 is 21.4 Å². The normalized spacial score (nSPS) is 11.3. The Kier molecular flexibility index (Phi) is 4.41. The first-order valence-electron chi connectivity index (χ1n) is 7.46. The number of nitrogen functional groups attached to an aromatic ring is 1. The largest absolute Gasteiger partial charge is 0.399 e. The van der Waals surface area contributed by atoms with Crippen molar-refractivity contribution in [3.05, 3.63) is 72.2 Å². The van der Waals surface area contributed by atoms with E-state index in [0.29, 0.717) is 22.6 Å². The van der Waals surface area contributed by atoms with Crippen LogP contribution in [0.1, 0.15) is 5.56 Å². The van der Waals surface area contributed by atoms with Crippen molar-refractivity contribution in [2.75, 3.05) is 10.5 Å².